The molecule has 0 aliphatic heterocycles. The van der Waals surface area contributed by atoms with E-state index in [4.69, 9.17) is 9.47 Å². The molecular weight excluding hydrogens is 320 g/mol. The molecule has 2 aromatic rings. The second-order valence-electron chi connectivity index (χ2n) is 5.87. The molecule has 25 heavy (non-hydrogen) atoms. The summed E-state index contributed by atoms with van der Waals surface area (Å²) < 4.78 is 10.1. The van der Waals surface area contributed by atoms with Crippen LogP contribution < -0.4 is 9.47 Å². The standard InChI is InChI=1S/C20H20O5/c1-12-5-7-17(9-13(12)2)18(23)10-16-6-8-19(24-14(3)21)20(11-16)25-15(4)22/h5-9,11H,10H2,1-4H3. The first-order valence-electron chi connectivity index (χ1n) is 7.86. The number of benzene rings is 2. The molecular formula is C20H20O5. The van der Waals surface area contributed by atoms with Gasteiger partial charge in [0.15, 0.2) is 17.3 Å². The number of ketones is 1. The monoisotopic (exact) mass is 340 g/mol. The van der Waals surface area contributed by atoms with Gasteiger partial charge in [-0.25, -0.2) is 0 Å². The van der Waals surface area contributed by atoms with Crippen LogP contribution in [0.4, 0.5) is 0 Å². The predicted molar refractivity (Wildman–Crippen MR) is 93.0 cm³/mol. The quantitative estimate of drug-likeness (QED) is 0.473. The Labute approximate surface area is 146 Å². The van der Waals surface area contributed by atoms with E-state index < -0.39 is 11.9 Å². The molecule has 0 heterocycles. The Morgan fingerprint density at radius 1 is 0.800 bits per heavy atom. The Morgan fingerprint density at radius 2 is 1.44 bits per heavy atom. The number of rotatable bonds is 5. The van der Waals surface area contributed by atoms with Gasteiger partial charge in [0.1, 0.15) is 0 Å². The molecule has 2 aromatic carbocycles. The fraction of sp³-hybridized carbons (Fsp3) is 0.250. The van der Waals surface area contributed by atoms with Crippen molar-refractivity contribution in [2.75, 3.05) is 0 Å². The third-order valence-electron chi connectivity index (χ3n) is 3.71. The van der Waals surface area contributed by atoms with E-state index in [2.05, 4.69) is 0 Å². The Morgan fingerprint density at radius 3 is 2.04 bits per heavy atom. The van der Waals surface area contributed by atoms with Gasteiger partial charge in [0.05, 0.1) is 0 Å². The number of Topliss-reactive ketones (excluding diaryl/α,β-unsaturated/α-hetero) is 1. The number of carbonyl (C=O) groups is 3. The lowest BCUT2D eigenvalue weighted by molar-refractivity contribution is -0.134. The van der Waals surface area contributed by atoms with Gasteiger partial charge in [-0.15, -0.1) is 0 Å². The van der Waals surface area contributed by atoms with Crippen molar-refractivity contribution < 1.29 is 23.9 Å². The zero-order valence-electron chi connectivity index (χ0n) is 14.7. The lowest BCUT2D eigenvalue weighted by Gasteiger charge is -2.11. The van der Waals surface area contributed by atoms with E-state index in [-0.39, 0.29) is 23.7 Å². The van der Waals surface area contributed by atoms with Crippen LogP contribution in [0.2, 0.25) is 0 Å². The van der Waals surface area contributed by atoms with Crippen molar-refractivity contribution in [3.8, 4) is 11.5 Å². The van der Waals surface area contributed by atoms with E-state index in [1.165, 1.54) is 19.9 Å². The molecule has 0 radical (unpaired) electrons. The second-order valence-corrected chi connectivity index (χ2v) is 5.87. The average Bonchev–Trinajstić information content (AvgIpc) is 2.51. The molecule has 5 nitrogen and oxygen atoms in total. The van der Waals surface area contributed by atoms with Gasteiger partial charge in [0.2, 0.25) is 0 Å². The Hall–Kier alpha value is -2.95. The average molecular weight is 340 g/mol. The third-order valence-corrected chi connectivity index (χ3v) is 3.71. The highest BCUT2D eigenvalue weighted by molar-refractivity contribution is 5.97. The molecule has 0 fully saturated rings. The number of carbonyl (C=O) groups excluding carboxylic acids is 3. The van der Waals surface area contributed by atoms with E-state index in [0.29, 0.717) is 11.1 Å². The SMILES string of the molecule is CC(=O)Oc1ccc(CC(=O)c2ccc(C)c(C)c2)cc1OC(C)=O. The van der Waals surface area contributed by atoms with Gasteiger partial charge in [-0.2, -0.15) is 0 Å². The lowest BCUT2D eigenvalue weighted by atomic mass is 9.99. The van der Waals surface area contributed by atoms with Crippen LogP contribution in [-0.2, 0) is 16.0 Å². The first kappa shape index (κ1) is 18.4. The van der Waals surface area contributed by atoms with Crippen LogP contribution in [0.5, 0.6) is 11.5 Å². The van der Waals surface area contributed by atoms with Crippen molar-refractivity contribution in [3.63, 3.8) is 0 Å². The second kappa shape index (κ2) is 7.75. The molecule has 130 valence electrons. The first-order valence-corrected chi connectivity index (χ1v) is 7.86. The Balaban J connectivity index is 2.26. The number of esters is 2. The zero-order chi connectivity index (χ0) is 18.6. The van der Waals surface area contributed by atoms with Gasteiger partial charge in [-0.1, -0.05) is 18.2 Å². The predicted octanol–water partition coefficient (Wildman–Crippen LogP) is 3.58. The highest BCUT2D eigenvalue weighted by atomic mass is 16.6. The topological polar surface area (TPSA) is 69.7 Å². The van der Waals surface area contributed by atoms with Crippen LogP contribution in [0.3, 0.4) is 0 Å². The van der Waals surface area contributed by atoms with Crippen LogP contribution >= 0.6 is 0 Å². The van der Waals surface area contributed by atoms with Crippen LogP contribution in [0.1, 0.15) is 40.9 Å². The molecule has 2 rings (SSSR count). The summed E-state index contributed by atoms with van der Waals surface area (Å²) in [6.07, 6.45) is 0.150. The summed E-state index contributed by atoms with van der Waals surface area (Å²) in [7, 11) is 0. The largest absolute Gasteiger partial charge is 0.423 e. The molecule has 0 atom stereocenters. The van der Waals surface area contributed by atoms with Crippen molar-refractivity contribution in [3.05, 3.63) is 58.7 Å². The van der Waals surface area contributed by atoms with Crippen molar-refractivity contribution in [2.24, 2.45) is 0 Å². The summed E-state index contributed by atoms with van der Waals surface area (Å²) in [6, 6.07) is 10.3. The van der Waals surface area contributed by atoms with E-state index in [9.17, 15) is 14.4 Å². The highest BCUT2D eigenvalue weighted by Crippen LogP contribution is 2.29. The first-order chi connectivity index (χ1) is 11.8. The van der Waals surface area contributed by atoms with Crippen molar-refractivity contribution in [2.45, 2.75) is 34.1 Å². The van der Waals surface area contributed by atoms with Crippen molar-refractivity contribution >= 4 is 17.7 Å². The van der Waals surface area contributed by atoms with E-state index in [1.807, 2.05) is 26.0 Å². The number of ether oxygens (including phenoxy) is 2. The summed E-state index contributed by atoms with van der Waals surface area (Å²) in [5.74, 6) is -0.839. The molecule has 0 spiro atoms. The molecule has 0 aromatic heterocycles. The number of aryl methyl sites for hydroxylation is 2. The number of hydrogen-bond donors (Lipinski definition) is 0. The fourth-order valence-electron chi connectivity index (χ4n) is 2.34. The molecule has 0 saturated heterocycles. The number of hydrogen-bond acceptors (Lipinski definition) is 5. The summed E-state index contributed by atoms with van der Waals surface area (Å²) >= 11 is 0. The van der Waals surface area contributed by atoms with Crippen LogP contribution in [0.15, 0.2) is 36.4 Å². The van der Waals surface area contributed by atoms with Gasteiger partial charge in [-0.3, -0.25) is 14.4 Å². The fourth-order valence-corrected chi connectivity index (χ4v) is 2.34. The van der Waals surface area contributed by atoms with Gasteiger partial charge >= 0.3 is 11.9 Å². The van der Waals surface area contributed by atoms with Gasteiger partial charge in [0, 0.05) is 25.8 Å². The summed E-state index contributed by atoms with van der Waals surface area (Å²) in [4.78, 5) is 34.9. The van der Waals surface area contributed by atoms with E-state index in [0.717, 1.165) is 11.1 Å². The molecule has 0 saturated carbocycles. The molecule has 0 amide bonds. The van der Waals surface area contributed by atoms with Gasteiger partial charge in [-0.05, 0) is 48.7 Å². The Bertz CT molecular complexity index is 836. The molecule has 0 aliphatic carbocycles. The van der Waals surface area contributed by atoms with Crippen molar-refractivity contribution in [1.82, 2.24) is 0 Å². The lowest BCUT2D eigenvalue weighted by Crippen LogP contribution is -2.09. The maximum absolute atomic E-state index is 12.5. The minimum Gasteiger partial charge on any atom is -0.423 e. The summed E-state index contributed by atoms with van der Waals surface area (Å²) in [6.45, 7) is 6.46. The highest BCUT2D eigenvalue weighted by Gasteiger charge is 2.14. The molecule has 0 unspecified atom stereocenters. The van der Waals surface area contributed by atoms with Crippen LogP contribution in [-0.4, -0.2) is 17.7 Å². The maximum atomic E-state index is 12.5. The van der Waals surface area contributed by atoms with Crippen LogP contribution in [0, 0.1) is 13.8 Å². The van der Waals surface area contributed by atoms with Crippen LogP contribution in [0.25, 0.3) is 0 Å². The smallest absolute Gasteiger partial charge is 0.308 e. The van der Waals surface area contributed by atoms with Crippen molar-refractivity contribution in [1.29, 1.82) is 0 Å². The maximum Gasteiger partial charge on any atom is 0.308 e. The molecule has 0 N–H and O–H groups in total. The third kappa shape index (κ3) is 5.01. The molecule has 0 aliphatic rings. The van der Waals surface area contributed by atoms with E-state index in [1.54, 1.807) is 18.2 Å². The van der Waals surface area contributed by atoms with E-state index >= 15 is 0 Å². The van der Waals surface area contributed by atoms with Gasteiger partial charge in [0.25, 0.3) is 0 Å². The van der Waals surface area contributed by atoms with Gasteiger partial charge < -0.3 is 9.47 Å². The Kier molecular flexibility index (Phi) is 5.70. The summed E-state index contributed by atoms with van der Waals surface area (Å²) in [5, 5.41) is 0. The normalized spacial score (nSPS) is 10.2. The minimum atomic E-state index is -0.536. The molecule has 0 bridgehead atoms. The summed E-state index contributed by atoms with van der Waals surface area (Å²) in [5.41, 5.74) is 3.47. The zero-order valence-corrected chi connectivity index (χ0v) is 14.7. The molecule has 5 heteroatoms. The minimum absolute atomic E-state index is 0.0443.